The van der Waals surface area contributed by atoms with Crippen LogP contribution >= 0.6 is 23.2 Å². The average molecular weight is 385 g/mol. The van der Waals surface area contributed by atoms with Crippen molar-refractivity contribution in [1.29, 1.82) is 0 Å². The summed E-state index contributed by atoms with van der Waals surface area (Å²) >= 11 is 11.5. The molecule has 26 heavy (non-hydrogen) atoms. The van der Waals surface area contributed by atoms with Crippen molar-refractivity contribution >= 4 is 28.9 Å². The van der Waals surface area contributed by atoms with Gasteiger partial charge in [-0.1, -0.05) is 41.4 Å². The van der Waals surface area contributed by atoms with E-state index in [-0.39, 0.29) is 0 Å². The van der Waals surface area contributed by atoms with Crippen molar-refractivity contribution < 1.29 is 0 Å². The Labute approximate surface area is 160 Å². The zero-order valence-electron chi connectivity index (χ0n) is 13.5. The van der Waals surface area contributed by atoms with Gasteiger partial charge in [0.25, 0.3) is 0 Å². The summed E-state index contributed by atoms with van der Waals surface area (Å²) in [7, 11) is 0. The number of pyridine rings is 1. The predicted octanol–water partition coefficient (Wildman–Crippen LogP) is 4.30. The van der Waals surface area contributed by atoms with Crippen LogP contribution in [0, 0.1) is 0 Å². The van der Waals surface area contributed by atoms with Gasteiger partial charge in [0.2, 0.25) is 5.82 Å². The Morgan fingerprint density at radius 2 is 1.62 bits per heavy atom. The van der Waals surface area contributed by atoms with Crippen LogP contribution in [0.25, 0.3) is 17.2 Å². The molecule has 4 rings (SSSR count). The van der Waals surface area contributed by atoms with E-state index in [2.05, 4.69) is 20.4 Å². The molecular formula is C18H14Cl2N6. The van der Waals surface area contributed by atoms with Gasteiger partial charge in [0.05, 0.1) is 5.69 Å². The quantitative estimate of drug-likeness (QED) is 0.520. The van der Waals surface area contributed by atoms with Crippen LogP contribution in [0.1, 0.15) is 0 Å². The number of aromatic nitrogens is 5. The van der Waals surface area contributed by atoms with E-state index in [0.717, 1.165) is 5.69 Å². The standard InChI is InChI=1S/C12H8ClN5.C6H6ClN/c13-9-4-3-5-10(8-9)18-16-12(15-17-18)11-6-1-2-7-14-11;7-5-2-1-3-6(8)4-5/h1-8H;1-4H,8H2. The third kappa shape index (κ3) is 4.78. The second kappa shape index (κ2) is 8.42. The number of hydrogen-bond acceptors (Lipinski definition) is 5. The maximum Gasteiger partial charge on any atom is 0.223 e. The topological polar surface area (TPSA) is 82.5 Å². The molecule has 2 aromatic heterocycles. The summed E-state index contributed by atoms with van der Waals surface area (Å²) in [4.78, 5) is 5.60. The van der Waals surface area contributed by atoms with E-state index in [1.165, 1.54) is 4.80 Å². The monoisotopic (exact) mass is 384 g/mol. The van der Waals surface area contributed by atoms with E-state index in [4.69, 9.17) is 28.9 Å². The Morgan fingerprint density at radius 3 is 2.23 bits per heavy atom. The van der Waals surface area contributed by atoms with Gasteiger partial charge >= 0.3 is 0 Å². The lowest BCUT2D eigenvalue weighted by Gasteiger charge is -1.97. The largest absolute Gasteiger partial charge is 0.399 e. The van der Waals surface area contributed by atoms with Gasteiger partial charge in [-0.2, -0.15) is 0 Å². The fourth-order valence-corrected chi connectivity index (χ4v) is 2.41. The first-order chi connectivity index (χ1) is 12.6. The van der Waals surface area contributed by atoms with Crippen LogP contribution < -0.4 is 5.73 Å². The lowest BCUT2D eigenvalue weighted by Crippen LogP contribution is -1.98. The summed E-state index contributed by atoms with van der Waals surface area (Å²) < 4.78 is 0. The molecule has 0 atom stereocenters. The highest BCUT2D eigenvalue weighted by molar-refractivity contribution is 6.31. The molecule has 0 fully saturated rings. The molecule has 0 saturated heterocycles. The minimum atomic E-state index is 0.482. The van der Waals surface area contributed by atoms with Crippen molar-refractivity contribution in [2.45, 2.75) is 0 Å². The summed E-state index contributed by atoms with van der Waals surface area (Å²) in [6, 6.07) is 19.9. The van der Waals surface area contributed by atoms with Gasteiger partial charge in [-0.25, -0.2) is 0 Å². The Morgan fingerprint density at radius 1 is 0.846 bits per heavy atom. The molecule has 0 radical (unpaired) electrons. The van der Waals surface area contributed by atoms with Crippen LogP contribution in [0.2, 0.25) is 10.0 Å². The van der Waals surface area contributed by atoms with Gasteiger partial charge in [-0.3, -0.25) is 4.98 Å². The van der Waals surface area contributed by atoms with Crippen LogP contribution in [0.15, 0.2) is 72.9 Å². The highest BCUT2D eigenvalue weighted by atomic mass is 35.5. The van der Waals surface area contributed by atoms with E-state index in [1.807, 2.05) is 36.4 Å². The molecular weight excluding hydrogens is 371 g/mol. The molecule has 6 nitrogen and oxygen atoms in total. The summed E-state index contributed by atoms with van der Waals surface area (Å²) in [6.45, 7) is 0. The molecule has 0 unspecified atom stereocenters. The molecule has 0 saturated carbocycles. The Balaban J connectivity index is 0.000000206. The number of nitrogens with zero attached hydrogens (tertiary/aromatic N) is 5. The molecule has 0 amide bonds. The summed E-state index contributed by atoms with van der Waals surface area (Å²) in [5.74, 6) is 0.482. The molecule has 0 spiro atoms. The van der Waals surface area contributed by atoms with Crippen molar-refractivity contribution in [3.05, 3.63) is 83.0 Å². The second-order valence-electron chi connectivity index (χ2n) is 5.15. The van der Waals surface area contributed by atoms with Crippen molar-refractivity contribution in [2.75, 3.05) is 5.73 Å². The van der Waals surface area contributed by atoms with Gasteiger partial charge in [-0.05, 0) is 53.7 Å². The SMILES string of the molecule is Clc1cccc(-n2nnc(-c3ccccn3)n2)c1.Nc1cccc(Cl)c1. The third-order valence-corrected chi connectivity index (χ3v) is 3.67. The minimum absolute atomic E-state index is 0.482. The van der Waals surface area contributed by atoms with E-state index in [1.54, 1.807) is 36.5 Å². The molecule has 2 N–H and O–H groups in total. The summed E-state index contributed by atoms with van der Waals surface area (Å²) in [5.41, 5.74) is 7.53. The van der Waals surface area contributed by atoms with Crippen molar-refractivity contribution in [2.24, 2.45) is 0 Å². The van der Waals surface area contributed by atoms with Crippen molar-refractivity contribution in [3.8, 4) is 17.2 Å². The Hall–Kier alpha value is -2.96. The maximum absolute atomic E-state index is 5.92. The predicted molar refractivity (Wildman–Crippen MR) is 103 cm³/mol. The van der Waals surface area contributed by atoms with Crippen LogP contribution in [-0.2, 0) is 0 Å². The number of halogens is 2. The smallest absolute Gasteiger partial charge is 0.223 e. The van der Waals surface area contributed by atoms with E-state index >= 15 is 0 Å². The Bertz CT molecular complexity index is 970. The number of anilines is 1. The van der Waals surface area contributed by atoms with E-state index in [0.29, 0.717) is 27.3 Å². The zero-order chi connectivity index (χ0) is 18.4. The number of benzene rings is 2. The van der Waals surface area contributed by atoms with Gasteiger partial charge < -0.3 is 5.73 Å². The molecule has 0 aliphatic rings. The van der Waals surface area contributed by atoms with Crippen LogP contribution in [-0.4, -0.2) is 25.2 Å². The van der Waals surface area contributed by atoms with Crippen LogP contribution in [0.4, 0.5) is 5.69 Å². The fourth-order valence-electron chi connectivity index (χ4n) is 2.03. The maximum atomic E-state index is 5.92. The number of rotatable bonds is 2. The van der Waals surface area contributed by atoms with Crippen LogP contribution in [0.5, 0.6) is 0 Å². The summed E-state index contributed by atoms with van der Waals surface area (Å²) in [6.07, 6.45) is 1.69. The first kappa shape index (κ1) is 17.8. The molecule has 8 heteroatoms. The first-order valence-electron chi connectivity index (χ1n) is 7.60. The molecule has 0 bridgehead atoms. The summed E-state index contributed by atoms with van der Waals surface area (Å²) in [5, 5.41) is 13.5. The van der Waals surface area contributed by atoms with Gasteiger partial charge in [0.1, 0.15) is 5.69 Å². The number of nitrogen functional groups attached to an aromatic ring is 1. The lowest BCUT2D eigenvalue weighted by atomic mass is 10.3. The first-order valence-corrected chi connectivity index (χ1v) is 8.36. The zero-order valence-corrected chi connectivity index (χ0v) is 15.0. The lowest BCUT2D eigenvalue weighted by molar-refractivity contribution is 0.720. The Kier molecular flexibility index (Phi) is 5.78. The average Bonchev–Trinajstić information content (AvgIpc) is 3.13. The molecule has 2 heterocycles. The van der Waals surface area contributed by atoms with E-state index in [9.17, 15) is 0 Å². The molecule has 130 valence electrons. The molecule has 0 aliphatic heterocycles. The van der Waals surface area contributed by atoms with Crippen LogP contribution in [0.3, 0.4) is 0 Å². The normalized spacial score (nSPS) is 10.1. The molecule has 4 aromatic rings. The number of hydrogen-bond donors (Lipinski definition) is 1. The van der Waals surface area contributed by atoms with Gasteiger partial charge in [0, 0.05) is 21.9 Å². The highest BCUT2D eigenvalue weighted by Crippen LogP contribution is 2.15. The highest BCUT2D eigenvalue weighted by Gasteiger charge is 2.07. The van der Waals surface area contributed by atoms with Crippen molar-refractivity contribution in [3.63, 3.8) is 0 Å². The van der Waals surface area contributed by atoms with Gasteiger partial charge in [0.15, 0.2) is 0 Å². The number of tetrazole rings is 1. The van der Waals surface area contributed by atoms with Gasteiger partial charge in [-0.15, -0.1) is 15.0 Å². The van der Waals surface area contributed by atoms with E-state index < -0.39 is 0 Å². The third-order valence-electron chi connectivity index (χ3n) is 3.20. The minimum Gasteiger partial charge on any atom is -0.399 e. The fraction of sp³-hybridized carbons (Fsp3) is 0. The number of nitrogens with two attached hydrogens (primary N) is 1. The molecule has 2 aromatic carbocycles. The molecule has 0 aliphatic carbocycles. The van der Waals surface area contributed by atoms with Crippen molar-refractivity contribution in [1.82, 2.24) is 25.2 Å². The second-order valence-corrected chi connectivity index (χ2v) is 6.03.